The van der Waals surface area contributed by atoms with Crippen molar-refractivity contribution < 1.29 is 14.3 Å². The number of ketones is 1. The summed E-state index contributed by atoms with van der Waals surface area (Å²) in [5, 5.41) is 0. The van der Waals surface area contributed by atoms with E-state index in [1.807, 2.05) is 24.3 Å². The van der Waals surface area contributed by atoms with Crippen molar-refractivity contribution in [2.45, 2.75) is 13.3 Å². The van der Waals surface area contributed by atoms with Crippen molar-refractivity contribution in [3.8, 4) is 11.5 Å². The van der Waals surface area contributed by atoms with Gasteiger partial charge in [0.25, 0.3) is 0 Å². The highest BCUT2D eigenvalue weighted by Gasteiger charge is 2.06. The van der Waals surface area contributed by atoms with Crippen LogP contribution in [-0.2, 0) is 0 Å². The standard InChI is InChI=1S/C17H17BrO3/c1-2-11-20-15-7-9-16(10-8-15)21-12-17(19)13-3-5-14(18)6-4-13/h3-10H,2,11-12H2,1H3. The highest BCUT2D eigenvalue weighted by atomic mass is 79.9. The first-order valence-corrected chi connectivity index (χ1v) is 7.63. The summed E-state index contributed by atoms with van der Waals surface area (Å²) in [5.74, 6) is 1.42. The molecule has 0 heterocycles. The molecule has 110 valence electrons. The molecular formula is C17H17BrO3. The summed E-state index contributed by atoms with van der Waals surface area (Å²) in [6, 6.07) is 14.5. The van der Waals surface area contributed by atoms with Crippen LogP contribution in [0.4, 0.5) is 0 Å². The minimum absolute atomic E-state index is 0.0246. The predicted molar refractivity (Wildman–Crippen MR) is 86.2 cm³/mol. The van der Waals surface area contributed by atoms with E-state index < -0.39 is 0 Å². The van der Waals surface area contributed by atoms with Crippen LogP contribution >= 0.6 is 15.9 Å². The number of hydrogen-bond donors (Lipinski definition) is 0. The van der Waals surface area contributed by atoms with Crippen molar-refractivity contribution in [1.82, 2.24) is 0 Å². The van der Waals surface area contributed by atoms with Gasteiger partial charge in [-0.05, 0) is 42.8 Å². The highest BCUT2D eigenvalue weighted by Crippen LogP contribution is 2.18. The van der Waals surface area contributed by atoms with E-state index >= 15 is 0 Å². The monoisotopic (exact) mass is 348 g/mol. The molecule has 2 rings (SSSR count). The topological polar surface area (TPSA) is 35.5 Å². The van der Waals surface area contributed by atoms with E-state index in [0.717, 1.165) is 16.6 Å². The van der Waals surface area contributed by atoms with E-state index in [0.29, 0.717) is 17.9 Å². The minimum atomic E-state index is -0.0474. The number of carbonyl (C=O) groups is 1. The van der Waals surface area contributed by atoms with Crippen LogP contribution in [0.3, 0.4) is 0 Å². The van der Waals surface area contributed by atoms with Crippen molar-refractivity contribution in [2.24, 2.45) is 0 Å². The van der Waals surface area contributed by atoms with Gasteiger partial charge in [-0.2, -0.15) is 0 Å². The van der Waals surface area contributed by atoms with Gasteiger partial charge in [-0.1, -0.05) is 35.0 Å². The lowest BCUT2D eigenvalue weighted by Crippen LogP contribution is -2.11. The molecular weight excluding hydrogens is 332 g/mol. The number of Topliss-reactive ketones (excluding diaryl/α,β-unsaturated/α-hetero) is 1. The summed E-state index contributed by atoms with van der Waals surface area (Å²) in [6.07, 6.45) is 0.972. The molecule has 3 nitrogen and oxygen atoms in total. The van der Waals surface area contributed by atoms with Crippen molar-refractivity contribution in [2.75, 3.05) is 13.2 Å². The molecule has 0 saturated heterocycles. The lowest BCUT2D eigenvalue weighted by atomic mass is 10.1. The van der Waals surface area contributed by atoms with Crippen LogP contribution in [-0.4, -0.2) is 19.0 Å². The van der Waals surface area contributed by atoms with Crippen LogP contribution in [0.15, 0.2) is 53.0 Å². The van der Waals surface area contributed by atoms with Crippen molar-refractivity contribution in [3.05, 3.63) is 58.6 Å². The van der Waals surface area contributed by atoms with Crippen LogP contribution in [0.5, 0.6) is 11.5 Å². The van der Waals surface area contributed by atoms with Gasteiger partial charge < -0.3 is 9.47 Å². The number of hydrogen-bond acceptors (Lipinski definition) is 3. The zero-order valence-corrected chi connectivity index (χ0v) is 13.4. The maximum Gasteiger partial charge on any atom is 0.200 e. The molecule has 0 bridgehead atoms. The molecule has 0 N–H and O–H groups in total. The van der Waals surface area contributed by atoms with E-state index in [1.165, 1.54) is 0 Å². The lowest BCUT2D eigenvalue weighted by Gasteiger charge is -2.08. The van der Waals surface area contributed by atoms with Gasteiger partial charge in [-0.15, -0.1) is 0 Å². The number of benzene rings is 2. The third kappa shape index (κ3) is 4.90. The second-order valence-electron chi connectivity index (χ2n) is 4.54. The number of halogens is 1. The van der Waals surface area contributed by atoms with E-state index in [2.05, 4.69) is 22.9 Å². The first-order chi connectivity index (χ1) is 10.2. The summed E-state index contributed by atoms with van der Waals surface area (Å²) in [5.41, 5.74) is 0.640. The predicted octanol–water partition coefficient (Wildman–Crippen LogP) is 4.50. The zero-order valence-electron chi connectivity index (χ0n) is 11.8. The molecule has 0 radical (unpaired) electrons. The Morgan fingerprint density at radius 3 is 2.10 bits per heavy atom. The smallest absolute Gasteiger partial charge is 0.200 e. The summed E-state index contributed by atoms with van der Waals surface area (Å²) in [4.78, 5) is 12.0. The highest BCUT2D eigenvalue weighted by molar-refractivity contribution is 9.10. The maximum atomic E-state index is 12.0. The molecule has 0 aromatic heterocycles. The Balaban J connectivity index is 1.87. The van der Waals surface area contributed by atoms with E-state index in [9.17, 15) is 4.79 Å². The van der Waals surface area contributed by atoms with Gasteiger partial charge in [-0.25, -0.2) is 0 Å². The number of carbonyl (C=O) groups excluding carboxylic acids is 1. The fraction of sp³-hybridized carbons (Fsp3) is 0.235. The Bertz CT molecular complexity index is 576. The average Bonchev–Trinajstić information content (AvgIpc) is 2.52. The molecule has 0 aliphatic heterocycles. The third-order valence-corrected chi connectivity index (χ3v) is 3.36. The first kappa shape index (κ1) is 15.6. The lowest BCUT2D eigenvalue weighted by molar-refractivity contribution is 0.0921. The average molecular weight is 349 g/mol. The molecule has 0 saturated carbocycles. The summed E-state index contributed by atoms with van der Waals surface area (Å²) in [6.45, 7) is 2.78. The number of ether oxygens (including phenoxy) is 2. The Morgan fingerprint density at radius 2 is 1.52 bits per heavy atom. The Morgan fingerprint density at radius 1 is 0.952 bits per heavy atom. The van der Waals surface area contributed by atoms with Gasteiger partial charge >= 0.3 is 0 Å². The molecule has 0 aliphatic rings. The normalized spacial score (nSPS) is 10.2. The third-order valence-electron chi connectivity index (χ3n) is 2.83. The van der Waals surface area contributed by atoms with Crippen LogP contribution in [0, 0.1) is 0 Å². The molecule has 2 aromatic carbocycles. The Labute approximate surface area is 133 Å². The summed E-state index contributed by atoms with van der Waals surface area (Å²) in [7, 11) is 0. The minimum Gasteiger partial charge on any atom is -0.494 e. The van der Waals surface area contributed by atoms with Gasteiger partial charge in [0.15, 0.2) is 12.4 Å². The summed E-state index contributed by atoms with van der Waals surface area (Å²) < 4.78 is 11.9. The van der Waals surface area contributed by atoms with Gasteiger partial charge in [0, 0.05) is 10.0 Å². The largest absolute Gasteiger partial charge is 0.494 e. The first-order valence-electron chi connectivity index (χ1n) is 6.83. The van der Waals surface area contributed by atoms with Gasteiger partial charge in [0.05, 0.1) is 6.61 Å². The second-order valence-corrected chi connectivity index (χ2v) is 5.45. The van der Waals surface area contributed by atoms with Crippen LogP contribution in [0.2, 0.25) is 0 Å². The van der Waals surface area contributed by atoms with Crippen LogP contribution < -0.4 is 9.47 Å². The van der Waals surface area contributed by atoms with Crippen LogP contribution in [0.25, 0.3) is 0 Å². The molecule has 0 amide bonds. The van der Waals surface area contributed by atoms with Crippen molar-refractivity contribution in [3.63, 3.8) is 0 Å². The SMILES string of the molecule is CCCOc1ccc(OCC(=O)c2ccc(Br)cc2)cc1. The quantitative estimate of drug-likeness (QED) is 0.691. The van der Waals surface area contributed by atoms with Gasteiger partial charge in [-0.3, -0.25) is 4.79 Å². The van der Waals surface area contributed by atoms with Gasteiger partial charge in [0.2, 0.25) is 0 Å². The molecule has 21 heavy (non-hydrogen) atoms. The molecule has 0 aliphatic carbocycles. The molecule has 0 spiro atoms. The van der Waals surface area contributed by atoms with E-state index in [4.69, 9.17) is 9.47 Å². The number of rotatable bonds is 7. The molecule has 0 atom stereocenters. The fourth-order valence-electron chi connectivity index (χ4n) is 1.72. The molecule has 4 heteroatoms. The second kappa shape index (κ2) is 7.84. The maximum absolute atomic E-state index is 12.0. The molecule has 2 aromatic rings. The van der Waals surface area contributed by atoms with E-state index in [1.54, 1.807) is 24.3 Å². The van der Waals surface area contributed by atoms with Crippen molar-refractivity contribution in [1.29, 1.82) is 0 Å². The van der Waals surface area contributed by atoms with Crippen molar-refractivity contribution >= 4 is 21.7 Å². The Kier molecular flexibility index (Phi) is 5.81. The van der Waals surface area contributed by atoms with Gasteiger partial charge in [0.1, 0.15) is 11.5 Å². The van der Waals surface area contributed by atoms with E-state index in [-0.39, 0.29) is 12.4 Å². The molecule has 0 fully saturated rings. The fourth-order valence-corrected chi connectivity index (χ4v) is 1.98. The Hall–Kier alpha value is -1.81. The zero-order chi connectivity index (χ0) is 15.1. The molecule has 0 unspecified atom stereocenters. The summed E-state index contributed by atoms with van der Waals surface area (Å²) >= 11 is 3.34. The van der Waals surface area contributed by atoms with Crippen LogP contribution in [0.1, 0.15) is 23.7 Å².